The molecule has 1 unspecified atom stereocenters. The van der Waals surface area contributed by atoms with Crippen molar-refractivity contribution in [3.05, 3.63) is 70.8 Å². The van der Waals surface area contributed by atoms with E-state index in [1.165, 1.54) is 13.1 Å². The van der Waals surface area contributed by atoms with Crippen molar-refractivity contribution in [3.8, 4) is 11.3 Å². The summed E-state index contributed by atoms with van der Waals surface area (Å²) >= 11 is 6.45. The lowest BCUT2D eigenvalue weighted by Gasteiger charge is -2.17. The Labute approximate surface area is 240 Å². The predicted molar refractivity (Wildman–Crippen MR) is 151 cm³/mol. The third kappa shape index (κ3) is 6.92. The van der Waals surface area contributed by atoms with Gasteiger partial charge in [-0.1, -0.05) is 17.7 Å². The monoisotopic (exact) mass is 604 g/mol. The minimum absolute atomic E-state index is 0.0252. The fourth-order valence-corrected chi connectivity index (χ4v) is 5.08. The zero-order valence-electron chi connectivity index (χ0n) is 21.7. The molecule has 4 aliphatic rings. The van der Waals surface area contributed by atoms with Crippen molar-refractivity contribution in [3.63, 3.8) is 0 Å². The van der Waals surface area contributed by atoms with Crippen LogP contribution >= 0.6 is 20.4 Å². The number of alkyl halides is 3. The Balaban J connectivity index is 1.57. The van der Waals surface area contributed by atoms with Gasteiger partial charge in [0.05, 0.1) is 34.9 Å². The van der Waals surface area contributed by atoms with Gasteiger partial charge in [0.1, 0.15) is 11.4 Å². The number of nitrogens with zero attached hydrogens (tertiary/aromatic N) is 5. The number of nitrogens with one attached hydrogen (secondary N) is 3. The van der Waals surface area contributed by atoms with Crippen LogP contribution in [-0.4, -0.2) is 44.3 Å². The fraction of sp³-hybridized carbons (Fsp3) is 0.269. The molecule has 1 atom stereocenters. The number of amides is 1. The predicted octanol–water partition coefficient (Wildman–Crippen LogP) is 6.16. The van der Waals surface area contributed by atoms with E-state index in [1.807, 2.05) is 6.07 Å². The molecule has 0 spiro atoms. The molecule has 0 aliphatic carbocycles. The number of halogens is 4. The van der Waals surface area contributed by atoms with E-state index < -0.39 is 23.5 Å². The van der Waals surface area contributed by atoms with Crippen LogP contribution in [0.15, 0.2) is 48.9 Å². The minimum atomic E-state index is -4.78. The van der Waals surface area contributed by atoms with Crippen LogP contribution in [0.3, 0.4) is 0 Å². The molecular weight excluding hydrogens is 580 g/mol. The number of rotatable bonds is 1. The first-order chi connectivity index (χ1) is 19.7. The third-order valence-corrected chi connectivity index (χ3v) is 7.43. The van der Waals surface area contributed by atoms with E-state index in [1.54, 1.807) is 35.3 Å². The molecule has 8 bridgehead atoms. The van der Waals surface area contributed by atoms with Gasteiger partial charge in [-0.3, -0.25) is 9.48 Å². The minimum Gasteiger partial charge on any atom is -0.362 e. The molecule has 4 aromatic rings. The molecule has 0 saturated carbocycles. The van der Waals surface area contributed by atoms with E-state index in [0.29, 0.717) is 47.5 Å². The van der Waals surface area contributed by atoms with Gasteiger partial charge in [0.15, 0.2) is 5.69 Å². The van der Waals surface area contributed by atoms with Crippen LogP contribution in [0.4, 0.5) is 36.3 Å². The van der Waals surface area contributed by atoms with E-state index in [4.69, 9.17) is 16.1 Å². The summed E-state index contributed by atoms with van der Waals surface area (Å²) in [6.07, 6.45) is 1.68. The van der Waals surface area contributed by atoms with Gasteiger partial charge >= 0.3 is 6.18 Å². The van der Waals surface area contributed by atoms with Crippen molar-refractivity contribution < 1.29 is 22.5 Å². The normalized spacial score (nSPS) is 14.9. The highest BCUT2D eigenvalue weighted by molar-refractivity contribution is 7.31. The number of pyridine rings is 1. The number of aryl methyl sites for hydroxylation is 1. The first-order valence-corrected chi connectivity index (χ1v) is 14.1. The Hall–Kier alpha value is -3.80. The number of hydrogen-bond acceptors (Lipinski definition) is 8. The van der Waals surface area contributed by atoms with Crippen molar-refractivity contribution in [2.75, 3.05) is 24.3 Å². The van der Waals surface area contributed by atoms with Crippen LogP contribution < -0.4 is 16.0 Å². The highest BCUT2D eigenvalue weighted by atomic mass is 35.5. The zero-order valence-corrected chi connectivity index (χ0v) is 23.5. The lowest BCUT2D eigenvalue weighted by Crippen LogP contribution is -2.21. The van der Waals surface area contributed by atoms with Crippen LogP contribution in [0.25, 0.3) is 11.3 Å². The second-order valence-corrected chi connectivity index (χ2v) is 10.4. The van der Waals surface area contributed by atoms with Crippen LogP contribution in [0, 0.1) is 0 Å². The van der Waals surface area contributed by atoms with Gasteiger partial charge in [0.25, 0.3) is 5.91 Å². The van der Waals surface area contributed by atoms with Crippen molar-refractivity contribution in [1.29, 1.82) is 0 Å². The van der Waals surface area contributed by atoms with Crippen molar-refractivity contribution in [2.24, 2.45) is 0 Å². The van der Waals surface area contributed by atoms with Gasteiger partial charge in [-0.15, -0.1) is 0 Å². The number of carbonyl (C=O) groups excluding carboxylic acids is 1. The maximum absolute atomic E-state index is 13.9. The maximum atomic E-state index is 13.9. The Bertz CT molecular complexity index is 1570. The summed E-state index contributed by atoms with van der Waals surface area (Å²) in [7, 11) is 1.66. The average Bonchev–Trinajstić information content (AvgIpc) is 3.41. The summed E-state index contributed by atoms with van der Waals surface area (Å²) in [4.78, 5) is 25.1. The summed E-state index contributed by atoms with van der Waals surface area (Å²) in [5.41, 5.74) is 1.25. The largest absolute Gasteiger partial charge is 0.421 e. The Kier molecular flexibility index (Phi) is 8.67. The number of hydrogen-bond donors (Lipinski definition) is 3. The maximum Gasteiger partial charge on any atom is 0.421 e. The quantitative estimate of drug-likeness (QED) is 0.221. The van der Waals surface area contributed by atoms with Crippen LogP contribution in [0.5, 0.6) is 0 Å². The van der Waals surface area contributed by atoms with Gasteiger partial charge in [-0.05, 0) is 42.7 Å². The van der Waals surface area contributed by atoms with Crippen molar-refractivity contribution >= 4 is 49.5 Å². The molecule has 1 aromatic carbocycles. The second kappa shape index (κ2) is 12.4. The number of anilines is 4. The van der Waals surface area contributed by atoms with Crippen LogP contribution in [-0.2, 0) is 23.4 Å². The third-order valence-electron chi connectivity index (χ3n) is 6.16. The molecule has 8 rings (SSSR count). The molecule has 4 aliphatic heterocycles. The van der Waals surface area contributed by atoms with E-state index in [2.05, 4.69) is 36.0 Å². The van der Waals surface area contributed by atoms with Crippen molar-refractivity contribution in [1.82, 2.24) is 30.0 Å². The Morgan fingerprint density at radius 3 is 2.73 bits per heavy atom. The van der Waals surface area contributed by atoms with E-state index >= 15 is 0 Å². The second-order valence-electron chi connectivity index (χ2n) is 9.06. The molecule has 0 radical (unpaired) electrons. The first kappa shape index (κ1) is 28.7. The van der Waals surface area contributed by atoms with Crippen LogP contribution in [0.2, 0.25) is 5.02 Å². The smallest absolute Gasteiger partial charge is 0.362 e. The van der Waals surface area contributed by atoms with Gasteiger partial charge in [0.2, 0.25) is 5.95 Å². The Morgan fingerprint density at radius 2 is 1.95 bits per heavy atom. The summed E-state index contributed by atoms with van der Waals surface area (Å²) < 4.78 is 49.3. The van der Waals surface area contributed by atoms with Crippen molar-refractivity contribution in [2.45, 2.75) is 31.7 Å². The van der Waals surface area contributed by atoms with Gasteiger partial charge in [-0.25, -0.2) is 9.97 Å². The van der Waals surface area contributed by atoms with Gasteiger partial charge in [0, 0.05) is 46.5 Å². The molecule has 214 valence electrons. The van der Waals surface area contributed by atoms with Gasteiger partial charge in [-0.2, -0.15) is 23.3 Å². The summed E-state index contributed by atoms with van der Waals surface area (Å²) in [6.45, 7) is 1.27. The van der Waals surface area contributed by atoms with Gasteiger partial charge < -0.3 is 20.5 Å². The van der Waals surface area contributed by atoms with E-state index in [-0.39, 0.29) is 26.1 Å². The molecule has 0 saturated heterocycles. The number of benzene rings is 1. The summed E-state index contributed by atoms with van der Waals surface area (Å²) in [5, 5.41) is 12.7. The molecule has 3 N–H and O–H groups in total. The topological polar surface area (TPSA) is 119 Å². The Morgan fingerprint density at radius 1 is 1.12 bits per heavy atom. The molecule has 7 heterocycles. The van der Waals surface area contributed by atoms with Crippen LogP contribution in [0.1, 0.15) is 34.5 Å². The molecule has 10 nitrogen and oxygen atoms in total. The average molecular weight is 605 g/mol. The lowest BCUT2D eigenvalue weighted by molar-refractivity contribution is -0.137. The summed E-state index contributed by atoms with van der Waals surface area (Å²) in [6, 6.07) is 8.38. The highest BCUT2D eigenvalue weighted by Gasteiger charge is 2.36. The molecule has 15 heteroatoms. The molecule has 3 aromatic heterocycles. The first-order valence-electron chi connectivity index (χ1n) is 12.6. The SMILES string of the molecule is CNC(=O)c1nc2ccc1Nc1nc(ncc1C(F)(F)F)Nc1ccc(cc1Cl)CPOCCCCn1cc-2cn1. The highest BCUT2D eigenvalue weighted by Crippen LogP contribution is 2.37. The molecule has 41 heavy (non-hydrogen) atoms. The fourth-order valence-electron chi connectivity index (χ4n) is 4.05. The summed E-state index contributed by atoms with van der Waals surface area (Å²) in [5.74, 6) is -1.29. The van der Waals surface area contributed by atoms with E-state index in [0.717, 1.165) is 18.4 Å². The number of aromatic nitrogens is 5. The zero-order chi connectivity index (χ0) is 29.0. The standard InChI is InChI=1S/C26H25ClF3N8O2P/c1-31-24(39)22-21-7-6-19(34-22)16-11-33-38(13-16)8-2-3-9-40-41-14-15-4-5-20(18(27)10-15)36-25-32-12-17(26(28,29)30)23(35-21)37-25/h4-7,10-13,41H,2-3,8-9,14H2,1H3,(H,31,39)(H2,32,35,36,37). The molecule has 0 fully saturated rings. The molecule has 1 amide bonds. The van der Waals surface area contributed by atoms with E-state index in [9.17, 15) is 18.0 Å². The molecular formula is C26H25ClF3N8O2P. The lowest BCUT2D eigenvalue weighted by atomic mass is 10.1. The number of carbonyl (C=O) groups is 1.